The highest BCUT2D eigenvalue weighted by Crippen LogP contribution is 2.41. The molecule has 0 spiro atoms. The van der Waals surface area contributed by atoms with Gasteiger partial charge in [-0.1, -0.05) is 20.3 Å². The van der Waals surface area contributed by atoms with Crippen LogP contribution in [-0.4, -0.2) is 43.8 Å². The topological polar surface area (TPSA) is 60.0 Å². The van der Waals surface area contributed by atoms with Crippen LogP contribution in [0, 0.1) is 5.92 Å². The van der Waals surface area contributed by atoms with Gasteiger partial charge < -0.3 is 24.4 Å². The molecule has 138 valence electrons. The SMILES string of the molecule is CCC(=O)N1CC[C@H](NCc2cc(OC)c3c(c2)OCO3)[C@@H](CC)C1. The van der Waals surface area contributed by atoms with E-state index in [2.05, 4.69) is 12.2 Å². The predicted molar refractivity (Wildman–Crippen MR) is 95.0 cm³/mol. The summed E-state index contributed by atoms with van der Waals surface area (Å²) in [6.07, 6.45) is 2.65. The normalized spacial score (nSPS) is 22.1. The second-order valence-corrected chi connectivity index (χ2v) is 6.67. The largest absolute Gasteiger partial charge is 0.493 e. The van der Waals surface area contributed by atoms with E-state index in [0.29, 0.717) is 29.9 Å². The lowest BCUT2D eigenvalue weighted by atomic mass is 9.89. The van der Waals surface area contributed by atoms with Crippen LogP contribution in [0.2, 0.25) is 0 Å². The number of nitrogens with one attached hydrogen (secondary N) is 1. The molecule has 0 radical (unpaired) electrons. The molecule has 6 nitrogen and oxygen atoms in total. The molecule has 6 heteroatoms. The molecule has 0 unspecified atom stereocenters. The molecule has 0 aliphatic carbocycles. The first kappa shape index (κ1) is 17.9. The molecule has 2 aliphatic rings. The average Bonchev–Trinajstić information content (AvgIpc) is 3.13. The van der Waals surface area contributed by atoms with E-state index in [1.807, 2.05) is 24.0 Å². The Kier molecular flexibility index (Phi) is 5.68. The van der Waals surface area contributed by atoms with E-state index in [1.54, 1.807) is 7.11 Å². The number of amides is 1. The molecule has 3 rings (SSSR count). The van der Waals surface area contributed by atoms with Crippen LogP contribution >= 0.6 is 0 Å². The van der Waals surface area contributed by atoms with Gasteiger partial charge in [0.25, 0.3) is 0 Å². The Morgan fingerprint density at radius 1 is 1.36 bits per heavy atom. The van der Waals surface area contributed by atoms with Crippen molar-refractivity contribution < 1.29 is 19.0 Å². The van der Waals surface area contributed by atoms with Gasteiger partial charge in [-0.15, -0.1) is 0 Å². The van der Waals surface area contributed by atoms with Crippen molar-refractivity contribution in [2.45, 2.75) is 45.7 Å². The summed E-state index contributed by atoms with van der Waals surface area (Å²) in [5, 5.41) is 3.67. The number of piperidine rings is 1. The zero-order chi connectivity index (χ0) is 17.8. The molecule has 2 atom stereocenters. The molecule has 0 saturated carbocycles. The Balaban J connectivity index is 1.62. The van der Waals surface area contributed by atoms with Crippen molar-refractivity contribution in [3.63, 3.8) is 0 Å². The minimum Gasteiger partial charge on any atom is -0.493 e. The maximum atomic E-state index is 12.0. The van der Waals surface area contributed by atoms with E-state index in [1.165, 1.54) is 0 Å². The summed E-state index contributed by atoms with van der Waals surface area (Å²) in [5.41, 5.74) is 1.11. The zero-order valence-corrected chi connectivity index (χ0v) is 15.3. The first-order valence-corrected chi connectivity index (χ1v) is 9.13. The van der Waals surface area contributed by atoms with Crippen molar-refractivity contribution >= 4 is 5.91 Å². The van der Waals surface area contributed by atoms with E-state index >= 15 is 0 Å². The second-order valence-electron chi connectivity index (χ2n) is 6.67. The highest BCUT2D eigenvalue weighted by atomic mass is 16.7. The van der Waals surface area contributed by atoms with Gasteiger partial charge in [0, 0.05) is 32.1 Å². The van der Waals surface area contributed by atoms with E-state index in [0.717, 1.165) is 43.8 Å². The van der Waals surface area contributed by atoms with Crippen molar-refractivity contribution in [2.75, 3.05) is 27.0 Å². The number of carbonyl (C=O) groups is 1. The highest BCUT2D eigenvalue weighted by molar-refractivity contribution is 5.75. The van der Waals surface area contributed by atoms with Crippen LogP contribution in [-0.2, 0) is 11.3 Å². The van der Waals surface area contributed by atoms with Crippen LogP contribution in [0.5, 0.6) is 17.2 Å². The number of methoxy groups -OCH3 is 1. The molecule has 0 aromatic heterocycles. The Hall–Kier alpha value is -1.95. The number of nitrogens with zero attached hydrogens (tertiary/aromatic N) is 1. The lowest BCUT2D eigenvalue weighted by molar-refractivity contribution is -0.133. The molecule has 1 fully saturated rings. The van der Waals surface area contributed by atoms with Gasteiger partial charge in [0.15, 0.2) is 11.5 Å². The predicted octanol–water partition coefficient (Wildman–Crippen LogP) is 2.55. The van der Waals surface area contributed by atoms with E-state index in [4.69, 9.17) is 14.2 Å². The van der Waals surface area contributed by atoms with E-state index in [9.17, 15) is 4.79 Å². The summed E-state index contributed by atoms with van der Waals surface area (Å²) in [4.78, 5) is 14.0. The monoisotopic (exact) mass is 348 g/mol. The van der Waals surface area contributed by atoms with Crippen molar-refractivity contribution in [3.05, 3.63) is 17.7 Å². The number of fused-ring (bicyclic) bond motifs is 1. The number of rotatable bonds is 6. The molecule has 2 aliphatic heterocycles. The number of ether oxygens (including phenoxy) is 3. The quantitative estimate of drug-likeness (QED) is 0.856. The molecular formula is C19H28N2O4. The summed E-state index contributed by atoms with van der Waals surface area (Å²) in [6.45, 7) is 6.81. The van der Waals surface area contributed by atoms with Crippen LogP contribution in [0.1, 0.15) is 38.7 Å². The maximum Gasteiger partial charge on any atom is 0.231 e. The summed E-state index contributed by atoms with van der Waals surface area (Å²) in [7, 11) is 1.64. The third-order valence-electron chi connectivity index (χ3n) is 5.20. The van der Waals surface area contributed by atoms with Gasteiger partial charge in [-0.05, 0) is 30.0 Å². The van der Waals surface area contributed by atoms with Gasteiger partial charge in [-0.25, -0.2) is 0 Å². The summed E-state index contributed by atoms with van der Waals surface area (Å²) in [5.74, 6) is 2.88. The zero-order valence-electron chi connectivity index (χ0n) is 15.3. The summed E-state index contributed by atoms with van der Waals surface area (Å²) < 4.78 is 16.3. The minimum atomic E-state index is 0.240. The summed E-state index contributed by atoms with van der Waals surface area (Å²) >= 11 is 0. The molecule has 25 heavy (non-hydrogen) atoms. The highest BCUT2D eigenvalue weighted by Gasteiger charge is 2.29. The van der Waals surface area contributed by atoms with Gasteiger partial charge in [0.2, 0.25) is 18.4 Å². The molecule has 1 aromatic rings. The average molecular weight is 348 g/mol. The lowest BCUT2D eigenvalue weighted by Gasteiger charge is -2.38. The lowest BCUT2D eigenvalue weighted by Crippen LogP contribution is -2.50. The van der Waals surface area contributed by atoms with Crippen molar-refractivity contribution in [1.29, 1.82) is 0 Å². The second kappa shape index (κ2) is 7.95. The van der Waals surface area contributed by atoms with Crippen LogP contribution in [0.4, 0.5) is 0 Å². The first-order chi connectivity index (χ1) is 12.2. The molecular weight excluding hydrogens is 320 g/mol. The first-order valence-electron chi connectivity index (χ1n) is 9.13. The third kappa shape index (κ3) is 3.84. The number of likely N-dealkylation sites (tertiary alicyclic amines) is 1. The Labute approximate surface area is 149 Å². The number of benzene rings is 1. The molecule has 1 amide bonds. The number of hydrogen-bond donors (Lipinski definition) is 1. The Morgan fingerprint density at radius 3 is 2.92 bits per heavy atom. The van der Waals surface area contributed by atoms with Crippen LogP contribution in [0.3, 0.4) is 0 Å². The van der Waals surface area contributed by atoms with Crippen molar-refractivity contribution in [3.8, 4) is 17.2 Å². The fourth-order valence-corrected chi connectivity index (χ4v) is 3.70. The third-order valence-corrected chi connectivity index (χ3v) is 5.20. The minimum absolute atomic E-state index is 0.240. The molecule has 1 saturated heterocycles. The summed E-state index contributed by atoms with van der Waals surface area (Å²) in [6, 6.07) is 4.42. The smallest absolute Gasteiger partial charge is 0.231 e. The van der Waals surface area contributed by atoms with Gasteiger partial charge in [0.05, 0.1) is 7.11 Å². The number of hydrogen-bond acceptors (Lipinski definition) is 5. The van der Waals surface area contributed by atoms with Crippen molar-refractivity contribution in [1.82, 2.24) is 10.2 Å². The van der Waals surface area contributed by atoms with Gasteiger partial charge >= 0.3 is 0 Å². The van der Waals surface area contributed by atoms with Gasteiger partial charge in [0.1, 0.15) is 0 Å². The Bertz CT molecular complexity index is 620. The molecule has 2 heterocycles. The fraction of sp³-hybridized carbons (Fsp3) is 0.632. The van der Waals surface area contributed by atoms with Crippen molar-refractivity contribution in [2.24, 2.45) is 5.92 Å². The Morgan fingerprint density at radius 2 is 2.20 bits per heavy atom. The fourth-order valence-electron chi connectivity index (χ4n) is 3.70. The molecule has 0 bridgehead atoms. The van der Waals surface area contributed by atoms with E-state index < -0.39 is 0 Å². The van der Waals surface area contributed by atoms with E-state index in [-0.39, 0.29) is 12.7 Å². The van der Waals surface area contributed by atoms with Crippen LogP contribution < -0.4 is 19.5 Å². The van der Waals surface area contributed by atoms with Crippen LogP contribution in [0.25, 0.3) is 0 Å². The number of carbonyl (C=O) groups excluding carboxylic acids is 1. The van der Waals surface area contributed by atoms with Gasteiger partial charge in [-0.3, -0.25) is 4.79 Å². The molecule has 1 aromatic carbocycles. The maximum absolute atomic E-state index is 12.0. The van der Waals surface area contributed by atoms with Crippen LogP contribution in [0.15, 0.2) is 12.1 Å². The standard InChI is InChI=1S/C19H28N2O4/c1-4-14-11-21(18(22)5-2)7-6-15(14)20-10-13-8-16(23-3)19-17(9-13)24-12-25-19/h8-9,14-15,20H,4-7,10-12H2,1-3H3/t14-,15-/m0/s1. The van der Waals surface area contributed by atoms with Gasteiger partial charge in [-0.2, -0.15) is 0 Å². The molecule has 1 N–H and O–H groups in total.